The number of carboxylic acid groups (broad SMARTS) is 1. The zero-order chi connectivity index (χ0) is 12.0. The van der Waals surface area contributed by atoms with Crippen LogP contribution in [0.1, 0.15) is 19.8 Å². The zero-order valence-electron chi connectivity index (χ0n) is 9.53. The van der Waals surface area contributed by atoms with Crippen LogP contribution < -0.4 is 10.6 Å². The Morgan fingerprint density at radius 2 is 2.06 bits per heavy atom. The van der Waals surface area contributed by atoms with Gasteiger partial charge < -0.3 is 20.6 Å². The maximum absolute atomic E-state index is 11.7. The van der Waals surface area contributed by atoms with E-state index in [-0.39, 0.29) is 18.5 Å². The molecule has 0 aromatic carbocycles. The highest BCUT2D eigenvalue weighted by Crippen LogP contribution is 1.99. The molecule has 1 aliphatic rings. The largest absolute Gasteiger partial charge is 0.481 e. The van der Waals surface area contributed by atoms with Gasteiger partial charge in [0.25, 0.3) is 0 Å². The lowest BCUT2D eigenvalue weighted by atomic mass is 10.2. The molecule has 0 saturated carbocycles. The fourth-order valence-corrected chi connectivity index (χ4v) is 1.58. The predicted octanol–water partition coefficient (Wildman–Crippen LogP) is -0.145. The quantitative estimate of drug-likeness (QED) is 0.626. The predicted molar refractivity (Wildman–Crippen MR) is 59.3 cm³/mol. The van der Waals surface area contributed by atoms with Crippen LogP contribution in [0.4, 0.5) is 4.79 Å². The van der Waals surface area contributed by atoms with Crippen LogP contribution in [0.2, 0.25) is 0 Å². The second-order valence-corrected chi connectivity index (χ2v) is 4.02. The van der Waals surface area contributed by atoms with Gasteiger partial charge in [0.1, 0.15) is 0 Å². The molecule has 6 nitrogen and oxygen atoms in total. The molecule has 0 aromatic rings. The van der Waals surface area contributed by atoms with E-state index in [4.69, 9.17) is 5.11 Å². The van der Waals surface area contributed by atoms with E-state index in [9.17, 15) is 9.59 Å². The summed E-state index contributed by atoms with van der Waals surface area (Å²) in [5, 5.41) is 14.5. The van der Waals surface area contributed by atoms with Crippen LogP contribution in [0.5, 0.6) is 0 Å². The first kappa shape index (κ1) is 12.8. The van der Waals surface area contributed by atoms with Crippen molar-refractivity contribution in [2.45, 2.75) is 25.8 Å². The number of rotatable bonds is 4. The Hall–Kier alpha value is -1.30. The van der Waals surface area contributed by atoms with Gasteiger partial charge in [-0.05, 0) is 13.3 Å². The molecule has 1 aliphatic heterocycles. The second kappa shape index (κ2) is 6.32. The first-order valence-electron chi connectivity index (χ1n) is 5.57. The Labute approximate surface area is 95.0 Å². The van der Waals surface area contributed by atoms with E-state index in [0.29, 0.717) is 19.5 Å². The average Bonchev–Trinajstić information content (AvgIpc) is 2.27. The van der Waals surface area contributed by atoms with E-state index in [1.807, 2.05) is 6.92 Å². The zero-order valence-corrected chi connectivity index (χ0v) is 9.53. The highest BCUT2D eigenvalue weighted by molar-refractivity contribution is 5.74. The molecule has 1 rings (SSSR count). The van der Waals surface area contributed by atoms with Gasteiger partial charge in [-0.1, -0.05) is 0 Å². The monoisotopic (exact) mass is 229 g/mol. The number of amides is 2. The van der Waals surface area contributed by atoms with E-state index >= 15 is 0 Å². The molecule has 0 radical (unpaired) electrons. The van der Waals surface area contributed by atoms with E-state index < -0.39 is 5.97 Å². The number of carbonyl (C=O) groups excluding carboxylic acids is 1. The number of nitrogens with zero attached hydrogens (tertiary/aromatic N) is 1. The minimum absolute atomic E-state index is 0.0863. The van der Waals surface area contributed by atoms with Crippen molar-refractivity contribution in [3.05, 3.63) is 0 Å². The molecule has 3 N–H and O–H groups in total. The molecule has 1 atom stereocenters. The Bertz CT molecular complexity index is 252. The molecule has 1 heterocycles. The second-order valence-electron chi connectivity index (χ2n) is 4.02. The van der Waals surface area contributed by atoms with Crippen LogP contribution in [0.3, 0.4) is 0 Å². The molecule has 1 unspecified atom stereocenters. The third-order valence-electron chi connectivity index (χ3n) is 2.57. The van der Waals surface area contributed by atoms with E-state index in [2.05, 4.69) is 10.6 Å². The number of carboxylic acids is 1. The van der Waals surface area contributed by atoms with Gasteiger partial charge >= 0.3 is 12.0 Å². The van der Waals surface area contributed by atoms with Gasteiger partial charge in [0.2, 0.25) is 0 Å². The minimum Gasteiger partial charge on any atom is -0.481 e. The lowest BCUT2D eigenvalue weighted by Gasteiger charge is -2.28. The Kier molecular flexibility index (Phi) is 5.04. The fourth-order valence-electron chi connectivity index (χ4n) is 1.58. The van der Waals surface area contributed by atoms with E-state index in [0.717, 1.165) is 13.1 Å². The van der Waals surface area contributed by atoms with Gasteiger partial charge in [-0.2, -0.15) is 0 Å². The number of nitrogens with one attached hydrogen (secondary N) is 2. The number of piperazine rings is 1. The summed E-state index contributed by atoms with van der Waals surface area (Å²) in [5.74, 6) is -0.830. The van der Waals surface area contributed by atoms with Gasteiger partial charge in [-0.3, -0.25) is 4.79 Å². The number of urea groups is 1. The van der Waals surface area contributed by atoms with Gasteiger partial charge in [0, 0.05) is 38.6 Å². The van der Waals surface area contributed by atoms with Crippen molar-refractivity contribution in [3.8, 4) is 0 Å². The van der Waals surface area contributed by atoms with Crippen molar-refractivity contribution in [2.24, 2.45) is 0 Å². The molecular weight excluding hydrogens is 210 g/mol. The Morgan fingerprint density at radius 1 is 1.44 bits per heavy atom. The summed E-state index contributed by atoms with van der Waals surface area (Å²) in [6, 6.07) is -0.196. The minimum atomic E-state index is -0.830. The summed E-state index contributed by atoms with van der Waals surface area (Å²) in [5.41, 5.74) is 0. The van der Waals surface area contributed by atoms with Crippen LogP contribution in [0.25, 0.3) is 0 Å². The van der Waals surface area contributed by atoms with Crippen molar-refractivity contribution in [3.63, 3.8) is 0 Å². The molecule has 16 heavy (non-hydrogen) atoms. The number of hydrogen-bond acceptors (Lipinski definition) is 3. The van der Waals surface area contributed by atoms with Crippen molar-refractivity contribution >= 4 is 12.0 Å². The van der Waals surface area contributed by atoms with Crippen LogP contribution in [-0.2, 0) is 4.79 Å². The lowest BCUT2D eigenvalue weighted by Crippen LogP contribution is -2.51. The molecule has 2 amide bonds. The topological polar surface area (TPSA) is 81.7 Å². The molecule has 0 bridgehead atoms. The smallest absolute Gasteiger partial charge is 0.317 e. The molecule has 6 heteroatoms. The van der Waals surface area contributed by atoms with Crippen LogP contribution in [0, 0.1) is 0 Å². The SMILES string of the molecule is CC(CCC(=O)O)NC(=O)N1CCNCC1. The van der Waals surface area contributed by atoms with Crippen LogP contribution in [0.15, 0.2) is 0 Å². The summed E-state index contributed by atoms with van der Waals surface area (Å²) < 4.78 is 0. The van der Waals surface area contributed by atoms with Gasteiger partial charge in [0.15, 0.2) is 0 Å². The molecule has 1 saturated heterocycles. The van der Waals surface area contributed by atoms with Crippen molar-refractivity contribution in [1.29, 1.82) is 0 Å². The van der Waals surface area contributed by atoms with Gasteiger partial charge in [0.05, 0.1) is 0 Å². The first-order valence-corrected chi connectivity index (χ1v) is 5.57. The maximum Gasteiger partial charge on any atom is 0.317 e. The van der Waals surface area contributed by atoms with Crippen molar-refractivity contribution in [2.75, 3.05) is 26.2 Å². The molecule has 92 valence electrons. The van der Waals surface area contributed by atoms with E-state index in [1.165, 1.54) is 0 Å². The van der Waals surface area contributed by atoms with Crippen molar-refractivity contribution < 1.29 is 14.7 Å². The Morgan fingerprint density at radius 3 is 2.62 bits per heavy atom. The standard InChI is InChI=1S/C10H19N3O3/c1-8(2-3-9(14)15)12-10(16)13-6-4-11-5-7-13/h8,11H,2-7H2,1H3,(H,12,16)(H,14,15). The normalized spacial score (nSPS) is 17.9. The van der Waals surface area contributed by atoms with Crippen LogP contribution >= 0.6 is 0 Å². The molecular formula is C10H19N3O3. The van der Waals surface area contributed by atoms with Gasteiger partial charge in [-0.15, -0.1) is 0 Å². The summed E-state index contributed by atoms with van der Waals surface area (Å²) >= 11 is 0. The first-order chi connectivity index (χ1) is 7.59. The summed E-state index contributed by atoms with van der Waals surface area (Å²) in [6.45, 7) is 4.87. The fraction of sp³-hybridized carbons (Fsp3) is 0.800. The molecule has 0 spiro atoms. The lowest BCUT2D eigenvalue weighted by molar-refractivity contribution is -0.137. The third-order valence-corrected chi connectivity index (χ3v) is 2.57. The maximum atomic E-state index is 11.7. The molecule has 1 fully saturated rings. The molecule has 0 aliphatic carbocycles. The summed E-state index contributed by atoms with van der Waals surface area (Å²) in [7, 11) is 0. The number of aliphatic carboxylic acids is 1. The average molecular weight is 229 g/mol. The number of carbonyl (C=O) groups is 2. The summed E-state index contributed by atoms with van der Waals surface area (Å²) in [6.07, 6.45) is 0.552. The number of hydrogen-bond donors (Lipinski definition) is 3. The van der Waals surface area contributed by atoms with Crippen molar-refractivity contribution in [1.82, 2.24) is 15.5 Å². The highest BCUT2D eigenvalue weighted by atomic mass is 16.4. The van der Waals surface area contributed by atoms with Gasteiger partial charge in [-0.25, -0.2) is 4.79 Å². The molecule has 0 aromatic heterocycles. The highest BCUT2D eigenvalue weighted by Gasteiger charge is 2.17. The third kappa shape index (κ3) is 4.48. The Balaban J connectivity index is 2.23. The van der Waals surface area contributed by atoms with Crippen LogP contribution in [-0.4, -0.2) is 54.2 Å². The summed E-state index contributed by atoms with van der Waals surface area (Å²) in [4.78, 5) is 23.8. The van der Waals surface area contributed by atoms with E-state index in [1.54, 1.807) is 4.90 Å².